The van der Waals surface area contributed by atoms with Crippen LogP contribution in [-0.4, -0.2) is 41.5 Å². The number of halogens is 1. The highest BCUT2D eigenvalue weighted by atomic mass is 35.5. The molecule has 0 aliphatic rings. The Kier molecular flexibility index (Phi) is 6.65. The smallest absolute Gasteiger partial charge is 0.214 e. The summed E-state index contributed by atoms with van der Waals surface area (Å²) in [6, 6.07) is 0. The van der Waals surface area contributed by atoms with E-state index in [1.807, 2.05) is 20.8 Å². The van der Waals surface area contributed by atoms with Crippen molar-refractivity contribution >= 4 is 17.4 Å². The number of methoxy groups -OCH3 is 1. The molecule has 0 unspecified atom stereocenters. The van der Waals surface area contributed by atoms with Crippen molar-refractivity contribution in [3.8, 4) is 0 Å². The molecule has 0 aliphatic carbocycles. The van der Waals surface area contributed by atoms with Crippen LogP contribution < -0.4 is 0 Å². The predicted octanol–water partition coefficient (Wildman–Crippen LogP) is 2.96. The second-order valence-electron chi connectivity index (χ2n) is 4.52. The summed E-state index contributed by atoms with van der Waals surface area (Å²) in [5.74, 6) is -0.108. The fourth-order valence-electron chi connectivity index (χ4n) is 2.27. The molecule has 0 bridgehead atoms. The Bertz CT molecular complexity index is 442. The molecule has 0 saturated carbocycles. The summed E-state index contributed by atoms with van der Waals surface area (Å²) in [4.78, 5) is 12.9. The topological polar surface area (TPSA) is 53.3 Å². The summed E-state index contributed by atoms with van der Waals surface area (Å²) in [6.07, 6.45) is 2.69. The number of ketones is 1. The number of Topliss-reactive ketones (excluding diaryl/α,β-unsaturated/α-hetero) is 1. The second-order valence-corrected chi connectivity index (χ2v) is 4.93. The summed E-state index contributed by atoms with van der Waals surface area (Å²) < 4.78 is 12.4. The van der Waals surface area contributed by atoms with E-state index in [9.17, 15) is 4.79 Å². The lowest BCUT2D eigenvalue weighted by Crippen LogP contribution is -2.42. The van der Waals surface area contributed by atoms with E-state index < -0.39 is 5.60 Å². The Balaban J connectivity index is 3.14. The third kappa shape index (κ3) is 3.40. The molecule has 0 radical (unpaired) electrons. The molecule has 0 fully saturated rings. The van der Waals surface area contributed by atoms with Gasteiger partial charge in [0.05, 0.1) is 24.4 Å². The van der Waals surface area contributed by atoms with Gasteiger partial charge in [0.15, 0.2) is 0 Å². The Hall–Kier alpha value is -0.910. The van der Waals surface area contributed by atoms with Crippen molar-refractivity contribution < 1.29 is 14.3 Å². The Morgan fingerprint density at radius 2 is 2.05 bits per heavy atom. The van der Waals surface area contributed by atoms with E-state index in [1.165, 1.54) is 6.20 Å². The maximum atomic E-state index is 12.9. The van der Waals surface area contributed by atoms with E-state index in [4.69, 9.17) is 21.1 Å². The van der Waals surface area contributed by atoms with Gasteiger partial charge in [-0.1, -0.05) is 25.4 Å². The van der Waals surface area contributed by atoms with Gasteiger partial charge in [0.1, 0.15) is 11.3 Å². The third-order valence-corrected chi connectivity index (χ3v) is 3.77. The molecule has 0 saturated heterocycles. The first-order valence-electron chi connectivity index (χ1n) is 6.95. The molecule has 1 rings (SSSR count). The number of hydrogen-bond donors (Lipinski definition) is 0. The molecule has 0 N–H and O–H groups in total. The molecule has 20 heavy (non-hydrogen) atoms. The number of carbonyl (C=O) groups excluding carboxylic acids is 1. The number of hydrogen-bond acceptors (Lipinski definition) is 4. The lowest BCUT2D eigenvalue weighted by atomic mass is 9.89. The SMILES string of the molecule is CCOC(CC)(CC)C(=O)c1c(Cl)cnn1CCOC. The maximum absolute atomic E-state index is 12.9. The highest BCUT2D eigenvalue weighted by Gasteiger charge is 2.39. The van der Waals surface area contributed by atoms with E-state index in [0.29, 0.717) is 43.3 Å². The Morgan fingerprint density at radius 3 is 2.55 bits per heavy atom. The molecule has 114 valence electrons. The van der Waals surface area contributed by atoms with Gasteiger partial charge in [0.2, 0.25) is 5.78 Å². The van der Waals surface area contributed by atoms with Gasteiger partial charge < -0.3 is 9.47 Å². The molecule has 1 heterocycles. The average molecular weight is 303 g/mol. The van der Waals surface area contributed by atoms with Crippen LogP contribution in [0.25, 0.3) is 0 Å². The van der Waals surface area contributed by atoms with Gasteiger partial charge in [-0.3, -0.25) is 9.48 Å². The van der Waals surface area contributed by atoms with Crippen LogP contribution >= 0.6 is 11.6 Å². The van der Waals surface area contributed by atoms with Crippen molar-refractivity contribution in [1.29, 1.82) is 0 Å². The summed E-state index contributed by atoms with van der Waals surface area (Å²) in [7, 11) is 1.61. The molecule has 0 atom stereocenters. The van der Waals surface area contributed by atoms with Crippen LogP contribution in [0.3, 0.4) is 0 Å². The minimum absolute atomic E-state index is 0.108. The van der Waals surface area contributed by atoms with Crippen molar-refractivity contribution in [3.63, 3.8) is 0 Å². The second kappa shape index (κ2) is 7.76. The molecule has 1 aromatic heterocycles. The monoisotopic (exact) mass is 302 g/mol. The molecule has 0 aliphatic heterocycles. The summed E-state index contributed by atoms with van der Waals surface area (Å²) >= 11 is 6.14. The van der Waals surface area contributed by atoms with Crippen LogP contribution in [0.4, 0.5) is 0 Å². The zero-order valence-electron chi connectivity index (χ0n) is 12.6. The van der Waals surface area contributed by atoms with E-state index >= 15 is 0 Å². The summed E-state index contributed by atoms with van der Waals surface area (Å²) in [6.45, 7) is 7.22. The number of carbonyl (C=O) groups is 1. The molecule has 0 aromatic carbocycles. The first kappa shape index (κ1) is 17.1. The minimum atomic E-state index is -0.830. The molecular formula is C14H23ClN2O3. The molecule has 5 nitrogen and oxygen atoms in total. The van der Waals surface area contributed by atoms with Gasteiger partial charge in [-0.25, -0.2) is 0 Å². The lowest BCUT2D eigenvalue weighted by Gasteiger charge is -2.30. The van der Waals surface area contributed by atoms with Gasteiger partial charge in [-0.05, 0) is 19.8 Å². The van der Waals surface area contributed by atoms with Crippen LogP contribution in [0.15, 0.2) is 6.20 Å². The van der Waals surface area contributed by atoms with Crippen molar-refractivity contribution in [2.45, 2.75) is 45.8 Å². The number of ether oxygens (including phenoxy) is 2. The molecule has 0 spiro atoms. The number of aromatic nitrogens is 2. The third-order valence-electron chi connectivity index (χ3n) is 3.49. The van der Waals surface area contributed by atoms with Gasteiger partial charge in [0, 0.05) is 13.7 Å². The Morgan fingerprint density at radius 1 is 1.40 bits per heavy atom. The zero-order chi connectivity index (χ0) is 15.2. The zero-order valence-corrected chi connectivity index (χ0v) is 13.4. The van der Waals surface area contributed by atoms with Crippen LogP contribution in [0, 0.1) is 0 Å². The standard InChI is InChI=1S/C14H23ClN2O3/c1-5-14(6-2,20-7-3)13(18)12-11(15)10-16-17(12)8-9-19-4/h10H,5-9H2,1-4H3. The fraction of sp³-hybridized carbons (Fsp3) is 0.714. The van der Waals surface area contributed by atoms with Crippen molar-refractivity contribution in [2.24, 2.45) is 0 Å². The molecule has 0 amide bonds. The van der Waals surface area contributed by atoms with Gasteiger partial charge >= 0.3 is 0 Å². The summed E-state index contributed by atoms with van der Waals surface area (Å²) in [5, 5.41) is 4.50. The molecular weight excluding hydrogens is 280 g/mol. The first-order valence-corrected chi connectivity index (χ1v) is 7.33. The first-order chi connectivity index (χ1) is 9.56. The van der Waals surface area contributed by atoms with Gasteiger partial charge in [-0.2, -0.15) is 5.10 Å². The van der Waals surface area contributed by atoms with Crippen molar-refractivity contribution in [1.82, 2.24) is 9.78 Å². The predicted molar refractivity (Wildman–Crippen MR) is 78.4 cm³/mol. The van der Waals surface area contributed by atoms with E-state index in [0.717, 1.165) is 0 Å². The van der Waals surface area contributed by atoms with E-state index in [-0.39, 0.29) is 5.78 Å². The van der Waals surface area contributed by atoms with Gasteiger partial charge in [0.25, 0.3) is 0 Å². The number of nitrogens with zero attached hydrogens (tertiary/aromatic N) is 2. The quantitative estimate of drug-likeness (QED) is 0.658. The number of rotatable bonds is 9. The van der Waals surface area contributed by atoms with Crippen LogP contribution in [0.1, 0.15) is 44.1 Å². The average Bonchev–Trinajstić information content (AvgIpc) is 2.82. The molecule has 1 aromatic rings. The van der Waals surface area contributed by atoms with E-state index in [2.05, 4.69) is 5.10 Å². The highest BCUT2D eigenvalue weighted by molar-refractivity contribution is 6.34. The Labute approximate surface area is 125 Å². The van der Waals surface area contributed by atoms with Crippen LogP contribution in [0.5, 0.6) is 0 Å². The highest BCUT2D eigenvalue weighted by Crippen LogP contribution is 2.29. The van der Waals surface area contributed by atoms with Crippen molar-refractivity contribution in [2.75, 3.05) is 20.3 Å². The molecule has 6 heteroatoms. The van der Waals surface area contributed by atoms with E-state index in [1.54, 1.807) is 11.8 Å². The minimum Gasteiger partial charge on any atom is -0.383 e. The maximum Gasteiger partial charge on any atom is 0.214 e. The van der Waals surface area contributed by atoms with Gasteiger partial charge in [-0.15, -0.1) is 0 Å². The lowest BCUT2D eigenvalue weighted by molar-refractivity contribution is -0.0257. The van der Waals surface area contributed by atoms with Crippen LogP contribution in [0.2, 0.25) is 5.02 Å². The van der Waals surface area contributed by atoms with Crippen LogP contribution in [-0.2, 0) is 16.0 Å². The van der Waals surface area contributed by atoms with Crippen molar-refractivity contribution in [3.05, 3.63) is 16.9 Å². The summed E-state index contributed by atoms with van der Waals surface area (Å²) in [5.41, 5.74) is -0.427. The fourth-order valence-corrected chi connectivity index (χ4v) is 2.50. The normalized spacial score (nSPS) is 11.8. The largest absolute Gasteiger partial charge is 0.383 e.